The van der Waals surface area contributed by atoms with Gasteiger partial charge in [0.05, 0.1) is 17.7 Å². The molecule has 2 fully saturated rings. The number of guanidine groups is 1. The molecule has 1 heterocycles. The van der Waals surface area contributed by atoms with Crippen LogP contribution in [0.15, 0.2) is 23.5 Å². The van der Waals surface area contributed by atoms with Gasteiger partial charge in [0.25, 0.3) is 0 Å². The Morgan fingerprint density at radius 1 is 1.24 bits per heavy atom. The fraction of sp³-hybridized carbons (Fsp3) is 0.789. The minimum atomic E-state index is -0.172. The lowest BCUT2D eigenvalue weighted by atomic mass is 9.82. The van der Waals surface area contributed by atoms with Gasteiger partial charge in [-0.2, -0.15) is 5.10 Å². The number of hydrogen-bond acceptors (Lipinski definition) is 3. The molecule has 3 unspecified atom stereocenters. The summed E-state index contributed by atoms with van der Waals surface area (Å²) < 4.78 is 8.16. The molecule has 0 bridgehead atoms. The molecule has 6 nitrogen and oxygen atoms in total. The van der Waals surface area contributed by atoms with Crippen LogP contribution in [0, 0.1) is 0 Å². The van der Waals surface area contributed by atoms with Crippen LogP contribution >= 0.6 is 0 Å². The van der Waals surface area contributed by atoms with Crippen molar-refractivity contribution in [3.63, 3.8) is 0 Å². The SMILES string of the molecule is CC(C)(C)OC1CC(N=C(N)NC2CCCCCC2)C1n1cccn1. The van der Waals surface area contributed by atoms with Crippen LogP contribution in [0.4, 0.5) is 0 Å². The zero-order valence-corrected chi connectivity index (χ0v) is 15.8. The van der Waals surface area contributed by atoms with Crippen LogP contribution in [0.3, 0.4) is 0 Å². The van der Waals surface area contributed by atoms with Crippen molar-refractivity contribution in [2.24, 2.45) is 10.7 Å². The molecule has 0 aromatic carbocycles. The minimum absolute atomic E-state index is 0.115. The standard InChI is InChI=1S/C19H33N5O/c1-19(2,3)25-16-13-15(17(16)24-12-8-11-21-24)23-18(20)22-14-9-6-4-5-7-10-14/h8,11-12,14-17H,4-7,9-10,13H2,1-3H3,(H3,20,22,23). The Morgan fingerprint density at radius 2 is 1.96 bits per heavy atom. The zero-order chi connectivity index (χ0) is 17.9. The van der Waals surface area contributed by atoms with Crippen LogP contribution < -0.4 is 11.1 Å². The van der Waals surface area contributed by atoms with Crippen molar-refractivity contribution in [2.45, 2.75) is 95.5 Å². The molecule has 25 heavy (non-hydrogen) atoms. The summed E-state index contributed by atoms with van der Waals surface area (Å²) in [6.07, 6.45) is 12.4. The maximum atomic E-state index is 6.22. The molecule has 0 spiro atoms. The first-order valence-corrected chi connectivity index (χ1v) is 9.69. The van der Waals surface area contributed by atoms with E-state index in [1.165, 1.54) is 38.5 Å². The van der Waals surface area contributed by atoms with Gasteiger partial charge in [-0.15, -0.1) is 0 Å². The van der Waals surface area contributed by atoms with E-state index in [4.69, 9.17) is 15.5 Å². The molecule has 3 rings (SSSR count). The van der Waals surface area contributed by atoms with E-state index in [-0.39, 0.29) is 23.8 Å². The van der Waals surface area contributed by atoms with Crippen LogP contribution in [0.1, 0.15) is 71.8 Å². The summed E-state index contributed by atoms with van der Waals surface area (Å²) in [4.78, 5) is 4.77. The molecule has 140 valence electrons. The maximum absolute atomic E-state index is 6.22. The number of aliphatic imine (C=N–C) groups is 1. The predicted molar refractivity (Wildman–Crippen MR) is 101 cm³/mol. The fourth-order valence-electron chi connectivity index (χ4n) is 3.92. The average molecular weight is 348 g/mol. The lowest BCUT2D eigenvalue weighted by Crippen LogP contribution is -2.52. The van der Waals surface area contributed by atoms with Gasteiger partial charge >= 0.3 is 0 Å². The molecule has 0 aliphatic heterocycles. The van der Waals surface area contributed by atoms with Crippen LogP contribution in [-0.2, 0) is 4.74 Å². The highest BCUT2D eigenvalue weighted by molar-refractivity contribution is 5.78. The lowest BCUT2D eigenvalue weighted by molar-refractivity contribution is -0.128. The van der Waals surface area contributed by atoms with Crippen molar-refractivity contribution < 1.29 is 4.74 Å². The predicted octanol–water partition coefficient (Wildman–Crippen LogP) is 3.01. The molecule has 2 aliphatic carbocycles. The third-order valence-corrected chi connectivity index (χ3v) is 5.10. The second-order valence-electron chi connectivity index (χ2n) is 8.40. The van der Waals surface area contributed by atoms with Gasteiger partial charge in [0.15, 0.2) is 5.96 Å². The van der Waals surface area contributed by atoms with Crippen molar-refractivity contribution in [1.29, 1.82) is 0 Å². The highest BCUT2D eigenvalue weighted by Crippen LogP contribution is 2.39. The minimum Gasteiger partial charge on any atom is -0.370 e. The van der Waals surface area contributed by atoms with Gasteiger partial charge in [0.2, 0.25) is 0 Å². The normalized spacial score (nSPS) is 29.1. The monoisotopic (exact) mass is 347 g/mol. The summed E-state index contributed by atoms with van der Waals surface area (Å²) in [5, 5.41) is 7.85. The summed E-state index contributed by atoms with van der Waals surface area (Å²) >= 11 is 0. The molecule has 3 atom stereocenters. The van der Waals surface area contributed by atoms with Gasteiger partial charge in [-0.25, -0.2) is 4.99 Å². The number of nitrogens with zero attached hydrogens (tertiary/aromatic N) is 3. The third kappa shape index (κ3) is 4.97. The van der Waals surface area contributed by atoms with Crippen LogP contribution in [0.5, 0.6) is 0 Å². The molecule has 0 amide bonds. The Kier molecular flexibility index (Phi) is 5.67. The van der Waals surface area contributed by atoms with E-state index in [2.05, 4.69) is 31.2 Å². The first-order valence-electron chi connectivity index (χ1n) is 9.69. The van der Waals surface area contributed by atoms with Crippen LogP contribution in [0.25, 0.3) is 0 Å². The number of nitrogens with one attached hydrogen (secondary N) is 1. The summed E-state index contributed by atoms with van der Waals surface area (Å²) in [6.45, 7) is 6.27. The highest BCUT2D eigenvalue weighted by atomic mass is 16.5. The molecule has 0 saturated heterocycles. The van der Waals surface area contributed by atoms with Crippen molar-refractivity contribution in [3.8, 4) is 0 Å². The Labute approximate surface area is 151 Å². The number of rotatable bonds is 4. The van der Waals surface area contributed by atoms with E-state index in [0.717, 1.165) is 6.42 Å². The van der Waals surface area contributed by atoms with E-state index < -0.39 is 0 Å². The smallest absolute Gasteiger partial charge is 0.189 e. The third-order valence-electron chi connectivity index (χ3n) is 5.10. The molecule has 1 aromatic heterocycles. The molecule has 3 N–H and O–H groups in total. The Balaban J connectivity index is 1.64. The van der Waals surface area contributed by atoms with Gasteiger partial charge < -0.3 is 15.8 Å². The van der Waals surface area contributed by atoms with Crippen molar-refractivity contribution in [3.05, 3.63) is 18.5 Å². The van der Waals surface area contributed by atoms with Crippen molar-refractivity contribution in [1.82, 2.24) is 15.1 Å². The van der Waals surface area contributed by atoms with Gasteiger partial charge in [-0.3, -0.25) is 4.68 Å². The Hall–Kier alpha value is -1.56. The van der Waals surface area contributed by atoms with Gasteiger partial charge in [0, 0.05) is 24.9 Å². The molecule has 1 aromatic rings. The van der Waals surface area contributed by atoms with Crippen molar-refractivity contribution in [2.75, 3.05) is 0 Å². The lowest BCUT2D eigenvalue weighted by Gasteiger charge is -2.45. The van der Waals surface area contributed by atoms with Crippen molar-refractivity contribution >= 4 is 5.96 Å². The first-order chi connectivity index (χ1) is 11.9. The number of nitrogens with two attached hydrogens (primary N) is 1. The molecule has 2 aliphatic rings. The zero-order valence-electron chi connectivity index (χ0n) is 15.8. The number of ether oxygens (including phenoxy) is 1. The van der Waals surface area contributed by atoms with Gasteiger partial charge in [-0.05, 0) is 39.7 Å². The quantitative estimate of drug-likeness (QED) is 0.499. The second-order valence-corrected chi connectivity index (χ2v) is 8.40. The fourth-order valence-corrected chi connectivity index (χ4v) is 3.92. The number of hydrogen-bond donors (Lipinski definition) is 2. The molecule has 6 heteroatoms. The second kappa shape index (κ2) is 7.77. The molecule has 2 saturated carbocycles. The summed E-state index contributed by atoms with van der Waals surface area (Å²) in [5.74, 6) is 0.572. The summed E-state index contributed by atoms with van der Waals surface area (Å²) in [5.41, 5.74) is 6.05. The van der Waals surface area contributed by atoms with E-state index in [0.29, 0.717) is 12.0 Å². The first kappa shape index (κ1) is 18.2. The average Bonchev–Trinajstić information content (AvgIpc) is 2.88. The van der Waals surface area contributed by atoms with Crippen LogP contribution in [0.2, 0.25) is 0 Å². The van der Waals surface area contributed by atoms with Gasteiger partial charge in [-0.1, -0.05) is 25.7 Å². The van der Waals surface area contributed by atoms with E-state index >= 15 is 0 Å². The number of aromatic nitrogens is 2. The molecular formula is C19H33N5O. The maximum Gasteiger partial charge on any atom is 0.189 e. The summed E-state index contributed by atoms with van der Waals surface area (Å²) in [6, 6.07) is 2.64. The topological polar surface area (TPSA) is 77.5 Å². The van der Waals surface area contributed by atoms with E-state index in [1.54, 1.807) is 6.20 Å². The largest absolute Gasteiger partial charge is 0.370 e. The molecular weight excluding hydrogens is 314 g/mol. The highest BCUT2D eigenvalue weighted by Gasteiger charge is 2.45. The molecule has 0 radical (unpaired) electrons. The van der Waals surface area contributed by atoms with Gasteiger partial charge in [0.1, 0.15) is 6.04 Å². The van der Waals surface area contributed by atoms with E-state index in [1.807, 2.05) is 16.9 Å². The Morgan fingerprint density at radius 3 is 2.56 bits per heavy atom. The van der Waals surface area contributed by atoms with Crippen LogP contribution in [-0.4, -0.2) is 39.5 Å². The summed E-state index contributed by atoms with van der Waals surface area (Å²) in [7, 11) is 0. The van der Waals surface area contributed by atoms with E-state index in [9.17, 15) is 0 Å². The Bertz CT molecular complexity index is 555.